The van der Waals surface area contributed by atoms with Crippen molar-refractivity contribution < 1.29 is 9.53 Å². The highest BCUT2D eigenvalue weighted by molar-refractivity contribution is 5.94. The molecule has 80 valence electrons. The lowest BCUT2D eigenvalue weighted by molar-refractivity contribution is 0.0601. The highest BCUT2D eigenvalue weighted by Crippen LogP contribution is 2.16. The van der Waals surface area contributed by atoms with Crippen LogP contribution < -0.4 is 5.32 Å². The van der Waals surface area contributed by atoms with Crippen molar-refractivity contribution in [2.24, 2.45) is 0 Å². The molecule has 1 rings (SSSR count). The van der Waals surface area contributed by atoms with Gasteiger partial charge in [-0.1, -0.05) is 6.07 Å². The van der Waals surface area contributed by atoms with Crippen molar-refractivity contribution in [3.05, 3.63) is 29.3 Å². The summed E-state index contributed by atoms with van der Waals surface area (Å²) in [6.07, 6.45) is 1.25. The van der Waals surface area contributed by atoms with Gasteiger partial charge in [0, 0.05) is 24.0 Å². The van der Waals surface area contributed by atoms with Gasteiger partial charge in [-0.15, -0.1) is 0 Å². The second kappa shape index (κ2) is 5.14. The Morgan fingerprint density at radius 1 is 1.60 bits per heavy atom. The minimum absolute atomic E-state index is 0.370. The summed E-state index contributed by atoms with van der Waals surface area (Å²) in [5, 5.41) is 10.3. The van der Waals surface area contributed by atoms with E-state index >= 15 is 0 Å². The summed E-state index contributed by atoms with van der Waals surface area (Å²) in [5.41, 5.74) is 2.01. The first-order valence-corrected chi connectivity index (χ1v) is 4.69. The lowest BCUT2D eigenvalue weighted by Gasteiger charge is -2.08. The van der Waals surface area contributed by atoms with Gasteiger partial charge in [0.1, 0.15) is 0 Å². The summed E-state index contributed by atoms with van der Waals surface area (Å²) in [7, 11) is 1.35. The molecule has 0 aromatic heterocycles. The van der Waals surface area contributed by atoms with E-state index in [1.807, 2.05) is 6.92 Å². The zero-order chi connectivity index (χ0) is 11.3. The van der Waals surface area contributed by atoms with Crippen LogP contribution in [-0.2, 0) is 4.74 Å². The molecule has 0 fully saturated rings. The molecule has 0 heterocycles. The predicted octanol–water partition coefficient (Wildman–Crippen LogP) is 1.90. The van der Waals surface area contributed by atoms with E-state index in [-0.39, 0.29) is 5.97 Å². The first-order chi connectivity index (χ1) is 7.22. The molecule has 0 aliphatic rings. The van der Waals surface area contributed by atoms with Gasteiger partial charge in [-0.2, -0.15) is 0 Å². The standard InChI is InChI=1S/C11H14N2O2/c1-3-13-10-6-8(11(14)15-2)4-5-9(10)7-12/h4-7,12-13H,3H2,1-2H3. The molecule has 4 nitrogen and oxygen atoms in total. The highest BCUT2D eigenvalue weighted by Gasteiger charge is 2.07. The first-order valence-electron chi connectivity index (χ1n) is 4.69. The SMILES string of the molecule is CCNc1cc(C(=O)OC)ccc1C=N. The van der Waals surface area contributed by atoms with Crippen LogP contribution in [0.3, 0.4) is 0 Å². The van der Waals surface area contributed by atoms with Gasteiger partial charge < -0.3 is 15.5 Å². The van der Waals surface area contributed by atoms with Crippen molar-refractivity contribution in [2.75, 3.05) is 19.0 Å². The molecule has 4 heteroatoms. The number of carbonyl (C=O) groups is 1. The fourth-order valence-electron chi connectivity index (χ4n) is 1.27. The summed E-state index contributed by atoms with van der Waals surface area (Å²) in [6, 6.07) is 5.06. The van der Waals surface area contributed by atoms with E-state index in [0.29, 0.717) is 5.56 Å². The lowest BCUT2D eigenvalue weighted by Crippen LogP contribution is -2.05. The van der Waals surface area contributed by atoms with Gasteiger partial charge in [-0.3, -0.25) is 0 Å². The molecule has 0 radical (unpaired) electrons. The van der Waals surface area contributed by atoms with Crippen LogP contribution in [0.1, 0.15) is 22.8 Å². The number of methoxy groups -OCH3 is 1. The number of anilines is 1. The third kappa shape index (κ3) is 2.56. The molecule has 0 aliphatic heterocycles. The molecular weight excluding hydrogens is 192 g/mol. The van der Waals surface area contributed by atoms with Gasteiger partial charge in [0.25, 0.3) is 0 Å². The number of rotatable bonds is 4. The van der Waals surface area contributed by atoms with Crippen molar-refractivity contribution in [2.45, 2.75) is 6.92 Å². The third-order valence-corrected chi connectivity index (χ3v) is 2.00. The van der Waals surface area contributed by atoms with E-state index in [2.05, 4.69) is 10.1 Å². The minimum atomic E-state index is -0.370. The molecule has 0 saturated heterocycles. The molecule has 0 aliphatic carbocycles. The number of hydrogen-bond acceptors (Lipinski definition) is 4. The van der Waals surface area contributed by atoms with Crippen molar-refractivity contribution in [1.82, 2.24) is 0 Å². The summed E-state index contributed by atoms with van der Waals surface area (Å²) >= 11 is 0. The number of hydrogen-bond donors (Lipinski definition) is 2. The van der Waals surface area contributed by atoms with E-state index in [1.165, 1.54) is 13.3 Å². The van der Waals surface area contributed by atoms with Crippen molar-refractivity contribution in [3.63, 3.8) is 0 Å². The van der Waals surface area contributed by atoms with Crippen LogP contribution in [0.2, 0.25) is 0 Å². The number of carbonyl (C=O) groups excluding carboxylic acids is 1. The Morgan fingerprint density at radius 2 is 2.33 bits per heavy atom. The molecule has 0 spiro atoms. The fraction of sp³-hybridized carbons (Fsp3) is 0.273. The monoisotopic (exact) mass is 206 g/mol. The molecule has 0 amide bonds. The summed E-state index contributed by atoms with van der Waals surface area (Å²) in [6.45, 7) is 2.70. The van der Waals surface area contributed by atoms with Gasteiger partial charge in [0.05, 0.1) is 12.7 Å². The van der Waals surface area contributed by atoms with E-state index in [1.54, 1.807) is 18.2 Å². The fourth-order valence-corrected chi connectivity index (χ4v) is 1.27. The zero-order valence-corrected chi connectivity index (χ0v) is 8.83. The highest BCUT2D eigenvalue weighted by atomic mass is 16.5. The van der Waals surface area contributed by atoms with Crippen LogP contribution in [0.4, 0.5) is 5.69 Å². The Morgan fingerprint density at radius 3 is 2.87 bits per heavy atom. The Balaban J connectivity index is 3.09. The van der Waals surface area contributed by atoms with Gasteiger partial charge in [0.15, 0.2) is 0 Å². The maximum atomic E-state index is 11.3. The van der Waals surface area contributed by atoms with Crippen LogP contribution in [0.25, 0.3) is 0 Å². The molecule has 1 aromatic carbocycles. The number of esters is 1. The van der Waals surface area contributed by atoms with Gasteiger partial charge in [0.2, 0.25) is 0 Å². The average Bonchev–Trinajstić information content (AvgIpc) is 2.28. The van der Waals surface area contributed by atoms with Crippen LogP contribution in [-0.4, -0.2) is 25.8 Å². The van der Waals surface area contributed by atoms with Crippen LogP contribution >= 0.6 is 0 Å². The second-order valence-electron chi connectivity index (χ2n) is 2.97. The van der Waals surface area contributed by atoms with Crippen molar-refractivity contribution in [3.8, 4) is 0 Å². The van der Waals surface area contributed by atoms with E-state index < -0.39 is 0 Å². The average molecular weight is 206 g/mol. The molecule has 0 unspecified atom stereocenters. The third-order valence-electron chi connectivity index (χ3n) is 2.00. The summed E-state index contributed by atoms with van der Waals surface area (Å²) < 4.78 is 4.62. The Bertz CT molecular complexity index is 375. The maximum Gasteiger partial charge on any atom is 0.337 e. The minimum Gasteiger partial charge on any atom is -0.465 e. The van der Waals surface area contributed by atoms with Crippen LogP contribution in [0, 0.1) is 5.41 Å². The molecule has 1 aromatic rings. The van der Waals surface area contributed by atoms with E-state index in [9.17, 15) is 4.79 Å². The lowest BCUT2D eigenvalue weighted by atomic mass is 10.1. The first kappa shape index (κ1) is 11.2. The zero-order valence-electron chi connectivity index (χ0n) is 8.83. The maximum absolute atomic E-state index is 11.3. The Hall–Kier alpha value is -1.84. The van der Waals surface area contributed by atoms with Gasteiger partial charge >= 0.3 is 5.97 Å². The molecule has 0 atom stereocenters. The quantitative estimate of drug-likeness (QED) is 0.584. The normalized spacial score (nSPS) is 9.47. The van der Waals surface area contributed by atoms with E-state index in [4.69, 9.17) is 5.41 Å². The summed E-state index contributed by atoms with van der Waals surface area (Å²) in [4.78, 5) is 11.3. The predicted molar refractivity (Wildman–Crippen MR) is 59.8 cm³/mol. The molecule has 15 heavy (non-hydrogen) atoms. The molecular formula is C11H14N2O2. The smallest absolute Gasteiger partial charge is 0.337 e. The molecule has 2 N–H and O–H groups in total. The van der Waals surface area contributed by atoms with Gasteiger partial charge in [-0.05, 0) is 19.1 Å². The second-order valence-corrected chi connectivity index (χ2v) is 2.97. The molecule has 0 saturated carbocycles. The van der Waals surface area contributed by atoms with Gasteiger partial charge in [-0.25, -0.2) is 4.79 Å². The van der Waals surface area contributed by atoms with E-state index in [0.717, 1.165) is 17.8 Å². The topological polar surface area (TPSA) is 62.2 Å². The molecule has 0 bridgehead atoms. The van der Waals surface area contributed by atoms with Crippen LogP contribution in [0.15, 0.2) is 18.2 Å². The van der Waals surface area contributed by atoms with Crippen LogP contribution in [0.5, 0.6) is 0 Å². The number of ether oxygens (including phenoxy) is 1. The Kier molecular flexibility index (Phi) is 3.85. The van der Waals surface area contributed by atoms with Crippen molar-refractivity contribution in [1.29, 1.82) is 5.41 Å². The Labute approximate surface area is 88.8 Å². The largest absolute Gasteiger partial charge is 0.465 e. The number of benzene rings is 1. The van der Waals surface area contributed by atoms with Crippen molar-refractivity contribution >= 4 is 17.9 Å². The number of nitrogens with one attached hydrogen (secondary N) is 2. The summed E-state index contributed by atoms with van der Waals surface area (Å²) in [5.74, 6) is -0.370.